The zero-order valence-corrected chi connectivity index (χ0v) is 17.4. The van der Waals surface area contributed by atoms with E-state index in [1.54, 1.807) is 4.90 Å². The van der Waals surface area contributed by atoms with Gasteiger partial charge in [0.2, 0.25) is 5.91 Å². The molecule has 0 bridgehead atoms. The first-order valence-electron chi connectivity index (χ1n) is 9.91. The minimum atomic E-state index is -0.445. The molecular formula is C24H29NO3. The van der Waals surface area contributed by atoms with Gasteiger partial charge in [0.25, 0.3) is 0 Å². The summed E-state index contributed by atoms with van der Waals surface area (Å²) < 4.78 is 5.57. The van der Waals surface area contributed by atoms with Crippen LogP contribution in [0, 0.1) is 19.8 Å². The fraction of sp³-hybridized carbons (Fsp3) is 0.417. The summed E-state index contributed by atoms with van der Waals surface area (Å²) in [4.78, 5) is 26.8. The van der Waals surface area contributed by atoms with E-state index < -0.39 is 5.92 Å². The maximum atomic E-state index is 12.6. The minimum Gasteiger partial charge on any atom is -0.426 e. The second-order valence-corrected chi connectivity index (χ2v) is 8.38. The van der Waals surface area contributed by atoms with Gasteiger partial charge in [-0.2, -0.15) is 0 Å². The zero-order valence-electron chi connectivity index (χ0n) is 17.4. The summed E-state index contributed by atoms with van der Waals surface area (Å²) in [5.41, 5.74) is 4.31. The molecule has 0 aromatic heterocycles. The first-order valence-corrected chi connectivity index (χ1v) is 9.91. The predicted molar refractivity (Wildman–Crippen MR) is 112 cm³/mol. The molecule has 2 aromatic rings. The van der Waals surface area contributed by atoms with Gasteiger partial charge < -0.3 is 9.64 Å². The van der Waals surface area contributed by atoms with Crippen molar-refractivity contribution in [3.8, 4) is 5.75 Å². The Labute approximate surface area is 167 Å². The SMILES string of the molecule is CCC(C)(C)c1ccc(OC(=O)[C@@H]2CC(=O)N(c3cc(C)ccc3C)C2)cc1. The summed E-state index contributed by atoms with van der Waals surface area (Å²) in [5.74, 6) is -0.295. The zero-order chi connectivity index (χ0) is 20.5. The number of ether oxygens (including phenoxy) is 1. The molecule has 3 rings (SSSR count). The number of carbonyl (C=O) groups excluding carboxylic acids is 2. The van der Waals surface area contributed by atoms with Crippen LogP contribution in [-0.2, 0) is 15.0 Å². The second kappa shape index (κ2) is 7.78. The Kier molecular flexibility index (Phi) is 5.59. The van der Waals surface area contributed by atoms with Gasteiger partial charge in [-0.15, -0.1) is 0 Å². The molecular weight excluding hydrogens is 350 g/mol. The Morgan fingerprint density at radius 1 is 1.14 bits per heavy atom. The van der Waals surface area contributed by atoms with Gasteiger partial charge in [0.05, 0.1) is 5.92 Å². The number of hydrogen-bond acceptors (Lipinski definition) is 3. The first kappa shape index (κ1) is 20.1. The standard InChI is InChI=1S/C24H29NO3/c1-6-24(4,5)19-9-11-20(12-10-19)28-23(27)18-14-22(26)25(15-18)21-13-16(2)7-8-17(21)3/h7-13,18H,6,14-15H2,1-5H3/t18-/m1/s1. The van der Waals surface area contributed by atoms with Gasteiger partial charge in [-0.1, -0.05) is 45.0 Å². The lowest BCUT2D eigenvalue weighted by Crippen LogP contribution is -2.28. The lowest BCUT2D eigenvalue weighted by molar-refractivity contribution is -0.139. The number of rotatable bonds is 5. The van der Waals surface area contributed by atoms with E-state index >= 15 is 0 Å². The maximum Gasteiger partial charge on any atom is 0.316 e. The predicted octanol–water partition coefficient (Wildman–Crippen LogP) is 4.95. The molecule has 1 atom stereocenters. The number of aryl methyl sites for hydroxylation is 2. The van der Waals surface area contributed by atoms with Gasteiger partial charge in [0, 0.05) is 18.7 Å². The van der Waals surface area contributed by atoms with Crippen LogP contribution in [0.1, 0.15) is 50.3 Å². The van der Waals surface area contributed by atoms with E-state index in [9.17, 15) is 9.59 Å². The molecule has 1 aliphatic rings. The van der Waals surface area contributed by atoms with Gasteiger partial charge in [0.15, 0.2) is 0 Å². The summed E-state index contributed by atoms with van der Waals surface area (Å²) in [7, 11) is 0. The molecule has 0 spiro atoms. The normalized spacial score (nSPS) is 17.1. The molecule has 1 heterocycles. The van der Waals surface area contributed by atoms with Crippen LogP contribution in [0.2, 0.25) is 0 Å². The Bertz CT molecular complexity index is 883. The number of esters is 1. The van der Waals surface area contributed by atoms with Crippen LogP contribution < -0.4 is 9.64 Å². The third kappa shape index (κ3) is 4.11. The van der Waals surface area contributed by atoms with Crippen molar-refractivity contribution in [1.29, 1.82) is 0 Å². The van der Waals surface area contributed by atoms with Crippen LogP contribution in [0.25, 0.3) is 0 Å². The van der Waals surface area contributed by atoms with Crippen LogP contribution in [0.5, 0.6) is 5.75 Å². The molecule has 0 unspecified atom stereocenters. The summed E-state index contributed by atoms with van der Waals surface area (Å²) in [6.45, 7) is 10.9. The van der Waals surface area contributed by atoms with Crippen molar-refractivity contribution in [1.82, 2.24) is 0 Å². The van der Waals surface area contributed by atoms with Crippen molar-refractivity contribution < 1.29 is 14.3 Å². The van der Waals surface area contributed by atoms with E-state index in [4.69, 9.17) is 4.74 Å². The van der Waals surface area contributed by atoms with Crippen molar-refractivity contribution in [2.75, 3.05) is 11.4 Å². The summed E-state index contributed by atoms with van der Waals surface area (Å²) in [6.07, 6.45) is 1.22. The molecule has 0 N–H and O–H groups in total. The largest absolute Gasteiger partial charge is 0.426 e. The van der Waals surface area contributed by atoms with Crippen LogP contribution in [-0.4, -0.2) is 18.4 Å². The van der Waals surface area contributed by atoms with E-state index in [2.05, 4.69) is 20.8 Å². The molecule has 2 aromatic carbocycles. The van der Waals surface area contributed by atoms with Crippen molar-refractivity contribution >= 4 is 17.6 Å². The van der Waals surface area contributed by atoms with Gasteiger partial charge in [0.1, 0.15) is 5.75 Å². The van der Waals surface area contributed by atoms with Gasteiger partial charge in [-0.05, 0) is 60.6 Å². The second-order valence-electron chi connectivity index (χ2n) is 8.38. The van der Waals surface area contributed by atoms with Crippen LogP contribution in [0.3, 0.4) is 0 Å². The molecule has 4 nitrogen and oxygen atoms in total. The third-order valence-electron chi connectivity index (χ3n) is 5.85. The molecule has 1 saturated heterocycles. The summed E-state index contributed by atoms with van der Waals surface area (Å²) in [5, 5.41) is 0. The molecule has 1 fully saturated rings. The highest BCUT2D eigenvalue weighted by molar-refractivity contribution is 6.00. The number of nitrogens with zero attached hydrogens (tertiary/aromatic N) is 1. The van der Waals surface area contributed by atoms with Gasteiger partial charge in [-0.3, -0.25) is 9.59 Å². The highest BCUT2D eigenvalue weighted by Crippen LogP contribution is 2.31. The number of hydrogen-bond donors (Lipinski definition) is 0. The molecule has 1 aliphatic heterocycles. The number of benzene rings is 2. The third-order valence-corrected chi connectivity index (χ3v) is 5.85. The van der Waals surface area contributed by atoms with E-state index in [-0.39, 0.29) is 23.7 Å². The summed E-state index contributed by atoms with van der Waals surface area (Å²) in [6, 6.07) is 13.7. The molecule has 4 heteroatoms. The highest BCUT2D eigenvalue weighted by atomic mass is 16.5. The maximum absolute atomic E-state index is 12.6. The van der Waals surface area contributed by atoms with Crippen LogP contribution >= 0.6 is 0 Å². The quantitative estimate of drug-likeness (QED) is 0.545. The molecule has 28 heavy (non-hydrogen) atoms. The average Bonchev–Trinajstić information content (AvgIpc) is 3.06. The number of amides is 1. The number of carbonyl (C=O) groups is 2. The lowest BCUT2D eigenvalue weighted by atomic mass is 9.82. The molecule has 0 radical (unpaired) electrons. The van der Waals surface area contributed by atoms with Crippen LogP contribution in [0.4, 0.5) is 5.69 Å². The molecule has 1 amide bonds. The number of anilines is 1. The fourth-order valence-corrected chi connectivity index (χ4v) is 3.49. The Hall–Kier alpha value is -2.62. The highest BCUT2D eigenvalue weighted by Gasteiger charge is 2.37. The lowest BCUT2D eigenvalue weighted by Gasteiger charge is -2.23. The molecule has 0 saturated carbocycles. The fourth-order valence-electron chi connectivity index (χ4n) is 3.49. The summed E-state index contributed by atoms with van der Waals surface area (Å²) >= 11 is 0. The van der Waals surface area contributed by atoms with E-state index in [0.29, 0.717) is 12.3 Å². The smallest absolute Gasteiger partial charge is 0.316 e. The molecule has 148 valence electrons. The van der Waals surface area contributed by atoms with Crippen molar-refractivity contribution in [2.45, 2.75) is 52.9 Å². The van der Waals surface area contributed by atoms with Crippen molar-refractivity contribution in [3.63, 3.8) is 0 Å². The molecule has 0 aliphatic carbocycles. The average molecular weight is 380 g/mol. The van der Waals surface area contributed by atoms with Crippen molar-refractivity contribution in [2.24, 2.45) is 5.92 Å². The minimum absolute atomic E-state index is 0.0318. The van der Waals surface area contributed by atoms with E-state index in [1.807, 2.05) is 56.3 Å². The van der Waals surface area contributed by atoms with Gasteiger partial charge >= 0.3 is 5.97 Å². The van der Waals surface area contributed by atoms with Crippen molar-refractivity contribution in [3.05, 3.63) is 59.2 Å². The first-order chi connectivity index (χ1) is 13.2. The monoisotopic (exact) mass is 379 g/mol. The Balaban J connectivity index is 1.69. The van der Waals surface area contributed by atoms with Crippen LogP contribution in [0.15, 0.2) is 42.5 Å². The van der Waals surface area contributed by atoms with E-state index in [0.717, 1.165) is 23.2 Å². The van der Waals surface area contributed by atoms with E-state index in [1.165, 1.54) is 5.56 Å². The Morgan fingerprint density at radius 3 is 2.46 bits per heavy atom. The Morgan fingerprint density at radius 2 is 1.82 bits per heavy atom. The van der Waals surface area contributed by atoms with Gasteiger partial charge in [-0.25, -0.2) is 0 Å². The topological polar surface area (TPSA) is 46.6 Å².